The third-order valence-electron chi connectivity index (χ3n) is 4.80. The maximum atomic E-state index is 13.2. The molecular formula is C24H19BrN4O3S. The molecule has 3 aromatic carbocycles. The summed E-state index contributed by atoms with van der Waals surface area (Å²) in [7, 11) is 0. The highest BCUT2D eigenvalue weighted by molar-refractivity contribution is 9.10. The van der Waals surface area contributed by atoms with Crippen molar-refractivity contribution in [2.45, 2.75) is 12.1 Å². The molecule has 166 valence electrons. The van der Waals surface area contributed by atoms with Crippen molar-refractivity contribution in [3.05, 3.63) is 93.2 Å². The van der Waals surface area contributed by atoms with Crippen molar-refractivity contribution in [3.8, 4) is 11.4 Å². The standard InChI is InChI=1S/C24H19BrN4O3S/c1-15(16-6-12-19(30)13-7-16)27-28-22(31)14-33-24-26-21-5-3-2-4-20(21)23(32)29(24)18-10-8-17(25)9-11-18/h2-13,30H,14H2,1H3,(H,28,31). The van der Waals surface area contributed by atoms with Gasteiger partial charge in [-0.1, -0.05) is 39.8 Å². The molecule has 0 bridgehead atoms. The normalized spacial score (nSPS) is 11.5. The lowest BCUT2D eigenvalue weighted by atomic mass is 10.1. The molecule has 4 aromatic rings. The average molecular weight is 523 g/mol. The number of para-hydroxylation sites is 1. The smallest absolute Gasteiger partial charge is 0.266 e. The molecule has 1 amide bonds. The maximum absolute atomic E-state index is 13.2. The van der Waals surface area contributed by atoms with E-state index < -0.39 is 0 Å². The van der Waals surface area contributed by atoms with Crippen LogP contribution in [-0.2, 0) is 4.79 Å². The number of rotatable bonds is 6. The molecule has 0 saturated heterocycles. The number of carbonyl (C=O) groups excluding carboxylic acids is 1. The molecule has 1 aromatic heterocycles. The van der Waals surface area contributed by atoms with Gasteiger partial charge in [-0.15, -0.1) is 0 Å². The molecule has 1 heterocycles. The molecule has 2 N–H and O–H groups in total. The minimum atomic E-state index is -0.331. The first-order chi connectivity index (χ1) is 15.9. The van der Waals surface area contributed by atoms with E-state index in [0.717, 1.165) is 21.8 Å². The Morgan fingerprint density at radius 3 is 2.52 bits per heavy atom. The number of fused-ring (bicyclic) bond motifs is 1. The second-order valence-corrected chi connectivity index (χ2v) is 8.95. The number of halogens is 1. The highest BCUT2D eigenvalue weighted by Crippen LogP contribution is 2.22. The van der Waals surface area contributed by atoms with Crippen molar-refractivity contribution >= 4 is 50.2 Å². The molecule has 33 heavy (non-hydrogen) atoms. The number of phenolic OH excluding ortho intramolecular Hbond substituents is 1. The Hall–Kier alpha value is -3.43. The van der Waals surface area contributed by atoms with Crippen molar-refractivity contribution in [1.82, 2.24) is 15.0 Å². The number of amides is 1. The fourth-order valence-electron chi connectivity index (χ4n) is 3.10. The van der Waals surface area contributed by atoms with Gasteiger partial charge in [-0.2, -0.15) is 5.10 Å². The third kappa shape index (κ3) is 5.32. The van der Waals surface area contributed by atoms with Crippen LogP contribution < -0.4 is 11.0 Å². The second kappa shape index (κ2) is 10.0. The lowest BCUT2D eigenvalue weighted by Gasteiger charge is -2.13. The van der Waals surface area contributed by atoms with Crippen LogP contribution in [0.2, 0.25) is 0 Å². The van der Waals surface area contributed by atoms with Crippen LogP contribution in [0.5, 0.6) is 5.75 Å². The molecule has 0 fully saturated rings. The summed E-state index contributed by atoms with van der Waals surface area (Å²) in [6.07, 6.45) is 0. The lowest BCUT2D eigenvalue weighted by Crippen LogP contribution is -2.24. The number of benzene rings is 3. The number of aromatic hydroxyl groups is 1. The van der Waals surface area contributed by atoms with Crippen LogP contribution in [0.1, 0.15) is 12.5 Å². The molecule has 0 atom stereocenters. The third-order valence-corrected chi connectivity index (χ3v) is 6.26. The van der Waals surface area contributed by atoms with Crippen LogP contribution in [0.4, 0.5) is 0 Å². The number of thioether (sulfide) groups is 1. The van der Waals surface area contributed by atoms with E-state index in [2.05, 4.69) is 31.4 Å². The largest absolute Gasteiger partial charge is 0.508 e. The first-order valence-corrected chi connectivity index (χ1v) is 11.7. The van der Waals surface area contributed by atoms with Gasteiger partial charge in [0.2, 0.25) is 0 Å². The first kappa shape index (κ1) is 22.8. The number of nitrogens with zero attached hydrogens (tertiary/aromatic N) is 3. The van der Waals surface area contributed by atoms with Gasteiger partial charge in [0.1, 0.15) is 5.75 Å². The molecule has 0 spiro atoms. The van der Waals surface area contributed by atoms with Crippen LogP contribution in [0.15, 0.2) is 92.3 Å². The zero-order valence-electron chi connectivity index (χ0n) is 17.5. The summed E-state index contributed by atoms with van der Waals surface area (Å²) in [5.41, 5.74) is 4.93. The highest BCUT2D eigenvalue weighted by atomic mass is 79.9. The second-order valence-electron chi connectivity index (χ2n) is 7.10. The molecule has 0 unspecified atom stereocenters. The summed E-state index contributed by atoms with van der Waals surface area (Å²) < 4.78 is 2.40. The Kier molecular flexibility index (Phi) is 6.90. The first-order valence-electron chi connectivity index (χ1n) is 9.95. The Bertz CT molecular complexity index is 1400. The molecule has 0 aliphatic rings. The van der Waals surface area contributed by atoms with Gasteiger partial charge in [-0.05, 0) is 73.2 Å². The summed E-state index contributed by atoms with van der Waals surface area (Å²) >= 11 is 4.57. The minimum absolute atomic E-state index is 0.0215. The summed E-state index contributed by atoms with van der Waals surface area (Å²) in [4.78, 5) is 30.3. The molecule has 0 aliphatic carbocycles. The van der Waals surface area contributed by atoms with Gasteiger partial charge in [-0.3, -0.25) is 14.2 Å². The SMILES string of the molecule is CC(=NNC(=O)CSc1nc2ccccc2c(=O)n1-c1ccc(Br)cc1)c1ccc(O)cc1. The molecular weight excluding hydrogens is 504 g/mol. The van der Waals surface area contributed by atoms with E-state index in [0.29, 0.717) is 27.5 Å². The van der Waals surface area contributed by atoms with Crippen LogP contribution >= 0.6 is 27.7 Å². The zero-order valence-corrected chi connectivity index (χ0v) is 19.9. The number of hydrazone groups is 1. The van der Waals surface area contributed by atoms with Gasteiger partial charge >= 0.3 is 0 Å². The molecule has 0 saturated carbocycles. The average Bonchev–Trinajstić information content (AvgIpc) is 2.82. The van der Waals surface area contributed by atoms with E-state index in [4.69, 9.17) is 0 Å². The molecule has 7 nitrogen and oxygen atoms in total. The summed E-state index contributed by atoms with van der Waals surface area (Å²) in [5, 5.41) is 14.4. The Balaban J connectivity index is 1.57. The van der Waals surface area contributed by atoms with Gasteiger partial charge in [0.05, 0.1) is 28.1 Å². The molecule has 4 rings (SSSR count). The molecule has 0 aliphatic heterocycles. The predicted molar refractivity (Wildman–Crippen MR) is 134 cm³/mol. The van der Waals surface area contributed by atoms with Crippen molar-refractivity contribution in [1.29, 1.82) is 0 Å². The molecule has 0 radical (unpaired) electrons. The fraction of sp³-hybridized carbons (Fsp3) is 0.0833. The fourth-order valence-corrected chi connectivity index (χ4v) is 4.17. The maximum Gasteiger partial charge on any atom is 0.266 e. The van der Waals surface area contributed by atoms with Crippen molar-refractivity contribution in [2.75, 3.05) is 5.75 Å². The monoisotopic (exact) mass is 522 g/mol. The van der Waals surface area contributed by atoms with Gasteiger partial charge < -0.3 is 5.11 Å². The van der Waals surface area contributed by atoms with Crippen LogP contribution in [-0.4, -0.2) is 32.0 Å². The number of aromatic nitrogens is 2. The van der Waals surface area contributed by atoms with Crippen LogP contribution in [0.25, 0.3) is 16.6 Å². The lowest BCUT2D eigenvalue weighted by molar-refractivity contribution is -0.118. The van der Waals surface area contributed by atoms with E-state index in [1.165, 1.54) is 4.57 Å². The number of carbonyl (C=O) groups is 1. The zero-order chi connectivity index (χ0) is 23.4. The van der Waals surface area contributed by atoms with E-state index in [9.17, 15) is 14.7 Å². The van der Waals surface area contributed by atoms with Crippen molar-refractivity contribution < 1.29 is 9.90 Å². The number of phenols is 1. The predicted octanol–water partition coefficient (Wildman–Crippen LogP) is 4.49. The van der Waals surface area contributed by atoms with E-state index in [1.54, 1.807) is 49.4 Å². The van der Waals surface area contributed by atoms with Gasteiger partial charge in [0.15, 0.2) is 5.16 Å². The Morgan fingerprint density at radius 1 is 1.09 bits per heavy atom. The Labute approximate surface area is 202 Å². The summed E-state index contributed by atoms with van der Waals surface area (Å²) in [5.74, 6) is -0.150. The number of hydrogen-bond acceptors (Lipinski definition) is 6. The highest BCUT2D eigenvalue weighted by Gasteiger charge is 2.15. The quantitative estimate of drug-likeness (QED) is 0.168. The van der Waals surface area contributed by atoms with Crippen molar-refractivity contribution in [2.24, 2.45) is 5.10 Å². The number of hydrogen-bond donors (Lipinski definition) is 2. The summed E-state index contributed by atoms with van der Waals surface area (Å²) in [6.45, 7) is 1.76. The van der Waals surface area contributed by atoms with Gasteiger partial charge in [-0.25, -0.2) is 10.4 Å². The minimum Gasteiger partial charge on any atom is -0.508 e. The van der Waals surface area contributed by atoms with Gasteiger partial charge in [0.25, 0.3) is 11.5 Å². The topological polar surface area (TPSA) is 96.6 Å². The van der Waals surface area contributed by atoms with Crippen LogP contribution in [0, 0.1) is 0 Å². The van der Waals surface area contributed by atoms with Crippen LogP contribution in [0.3, 0.4) is 0 Å². The number of nitrogens with one attached hydrogen (secondary N) is 1. The van der Waals surface area contributed by atoms with E-state index >= 15 is 0 Å². The van der Waals surface area contributed by atoms with E-state index in [-0.39, 0.29) is 23.0 Å². The van der Waals surface area contributed by atoms with Gasteiger partial charge in [0, 0.05) is 4.47 Å². The molecule has 9 heteroatoms. The van der Waals surface area contributed by atoms with Crippen molar-refractivity contribution in [3.63, 3.8) is 0 Å². The summed E-state index contributed by atoms with van der Waals surface area (Å²) in [6, 6.07) is 21.0. The Morgan fingerprint density at radius 2 is 1.79 bits per heavy atom. The van der Waals surface area contributed by atoms with E-state index in [1.807, 2.05) is 30.3 Å².